The Morgan fingerprint density at radius 3 is 2.50 bits per heavy atom. The molecule has 138 valence electrons. The van der Waals surface area contributed by atoms with Gasteiger partial charge in [-0.25, -0.2) is 0 Å². The van der Waals surface area contributed by atoms with E-state index in [-0.39, 0.29) is 33.0 Å². The van der Waals surface area contributed by atoms with Crippen molar-refractivity contribution < 1.29 is 43.2 Å². The molecule has 2 aliphatic heterocycles. The zero-order valence-electron chi connectivity index (χ0n) is 14.1. The van der Waals surface area contributed by atoms with Gasteiger partial charge in [0, 0.05) is 6.61 Å². The first-order valence-corrected chi connectivity index (χ1v) is 7.67. The molecule has 24 heavy (non-hydrogen) atoms. The lowest BCUT2D eigenvalue weighted by Gasteiger charge is -2.41. The van der Waals surface area contributed by atoms with Crippen molar-refractivity contribution >= 4 is 0 Å². The first kappa shape index (κ1) is 18.8. The third-order valence-corrected chi connectivity index (χ3v) is 3.51. The van der Waals surface area contributed by atoms with Crippen molar-refractivity contribution in [2.75, 3.05) is 53.9 Å². The van der Waals surface area contributed by atoms with Crippen LogP contribution in [0.15, 0.2) is 24.0 Å². The molecule has 2 aliphatic rings. The fourth-order valence-corrected chi connectivity index (χ4v) is 2.42. The van der Waals surface area contributed by atoms with Crippen LogP contribution in [0.5, 0.6) is 0 Å². The molecule has 0 aromatic heterocycles. The standard InChI is InChI=1S/C15H24O9/c1-4-18-11-15(13(17-3)10-24-22-8-6-20-15)14-12(16-2)9-23-21-7-5-19-14/h9-10,14H,4-8,11H2,1-3H3/b12-9+,13-10+. The van der Waals surface area contributed by atoms with E-state index in [1.54, 1.807) is 0 Å². The zero-order chi connectivity index (χ0) is 17.3. The summed E-state index contributed by atoms with van der Waals surface area (Å²) in [6.45, 7) is 3.50. The fraction of sp³-hybridized carbons (Fsp3) is 0.733. The monoisotopic (exact) mass is 348 g/mol. The predicted molar refractivity (Wildman–Crippen MR) is 79.2 cm³/mol. The summed E-state index contributed by atoms with van der Waals surface area (Å²) < 4.78 is 28.5. The van der Waals surface area contributed by atoms with Crippen LogP contribution in [0.2, 0.25) is 0 Å². The van der Waals surface area contributed by atoms with E-state index in [0.29, 0.717) is 18.1 Å². The van der Waals surface area contributed by atoms with Crippen LogP contribution < -0.4 is 0 Å². The summed E-state index contributed by atoms with van der Waals surface area (Å²) in [6.07, 6.45) is 1.95. The molecule has 0 aromatic carbocycles. The summed E-state index contributed by atoms with van der Waals surface area (Å²) in [6, 6.07) is 0. The van der Waals surface area contributed by atoms with Crippen molar-refractivity contribution in [3.63, 3.8) is 0 Å². The Bertz CT molecular complexity index is 437. The van der Waals surface area contributed by atoms with Crippen LogP contribution in [-0.4, -0.2) is 65.6 Å². The van der Waals surface area contributed by atoms with Gasteiger partial charge in [0.15, 0.2) is 35.7 Å². The Morgan fingerprint density at radius 1 is 1.04 bits per heavy atom. The maximum Gasteiger partial charge on any atom is 0.185 e. The molecule has 2 atom stereocenters. The van der Waals surface area contributed by atoms with E-state index in [1.807, 2.05) is 6.92 Å². The summed E-state index contributed by atoms with van der Waals surface area (Å²) in [5, 5.41) is 0. The second kappa shape index (κ2) is 9.70. The van der Waals surface area contributed by atoms with Crippen LogP contribution >= 0.6 is 0 Å². The SMILES string of the molecule is CCOCC1(C2OCCOO/C=C\2OC)OCCOO/C=C\1OC. The van der Waals surface area contributed by atoms with E-state index in [4.69, 9.17) is 43.2 Å². The van der Waals surface area contributed by atoms with Gasteiger partial charge >= 0.3 is 0 Å². The smallest absolute Gasteiger partial charge is 0.185 e. The van der Waals surface area contributed by atoms with Crippen LogP contribution in [0.25, 0.3) is 0 Å². The highest BCUT2D eigenvalue weighted by atomic mass is 17.2. The fourth-order valence-electron chi connectivity index (χ4n) is 2.42. The van der Waals surface area contributed by atoms with Crippen molar-refractivity contribution in [1.29, 1.82) is 0 Å². The van der Waals surface area contributed by atoms with Crippen molar-refractivity contribution in [2.45, 2.75) is 18.6 Å². The van der Waals surface area contributed by atoms with Crippen LogP contribution in [0.4, 0.5) is 0 Å². The summed E-state index contributed by atoms with van der Waals surface area (Å²) in [5.74, 6) is 0.698. The quantitative estimate of drug-likeness (QED) is 0.654. The van der Waals surface area contributed by atoms with Gasteiger partial charge in [0.05, 0.1) is 34.0 Å². The molecule has 0 spiro atoms. The van der Waals surface area contributed by atoms with E-state index in [1.165, 1.54) is 26.7 Å². The summed E-state index contributed by atoms with van der Waals surface area (Å²) in [5.41, 5.74) is -1.14. The van der Waals surface area contributed by atoms with Crippen LogP contribution in [-0.2, 0) is 43.2 Å². The lowest BCUT2D eigenvalue weighted by Crippen LogP contribution is -2.55. The van der Waals surface area contributed by atoms with E-state index in [2.05, 4.69) is 0 Å². The molecular formula is C15H24O9. The molecule has 2 unspecified atom stereocenters. The lowest BCUT2D eigenvalue weighted by molar-refractivity contribution is -0.291. The first-order chi connectivity index (χ1) is 11.8. The average Bonchev–Trinajstić information content (AvgIpc) is 2.55. The van der Waals surface area contributed by atoms with Crippen LogP contribution in [0.1, 0.15) is 6.92 Å². The minimum absolute atomic E-state index is 0.152. The number of hydrogen-bond donors (Lipinski definition) is 0. The van der Waals surface area contributed by atoms with E-state index in [9.17, 15) is 0 Å². The largest absolute Gasteiger partial charge is 0.495 e. The minimum Gasteiger partial charge on any atom is -0.495 e. The molecule has 0 aromatic rings. The Labute approximate surface area is 140 Å². The second-order valence-electron chi connectivity index (χ2n) is 4.87. The molecule has 0 N–H and O–H groups in total. The van der Waals surface area contributed by atoms with Gasteiger partial charge in [-0.3, -0.25) is 0 Å². The summed E-state index contributed by atoms with van der Waals surface area (Å²) in [7, 11) is 3.00. The Kier molecular flexibility index (Phi) is 7.60. The predicted octanol–water partition coefficient (Wildman–Crippen LogP) is 1.06. The average molecular weight is 348 g/mol. The van der Waals surface area contributed by atoms with Crippen molar-refractivity contribution in [2.24, 2.45) is 0 Å². The maximum absolute atomic E-state index is 6.08. The number of methoxy groups -OCH3 is 2. The third-order valence-electron chi connectivity index (χ3n) is 3.51. The molecule has 0 amide bonds. The zero-order valence-corrected chi connectivity index (χ0v) is 14.1. The second-order valence-corrected chi connectivity index (χ2v) is 4.87. The molecule has 0 aliphatic carbocycles. The molecule has 2 heterocycles. The van der Waals surface area contributed by atoms with Gasteiger partial charge in [0.1, 0.15) is 13.2 Å². The molecule has 2 rings (SSSR count). The molecule has 0 fully saturated rings. The highest BCUT2D eigenvalue weighted by Crippen LogP contribution is 2.35. The van der Waals surface area contributed by atoms with Crippen molar-refractivity contribution in [3.05, 3.63) is 24.0 Å². The normalized spacial score (nSPS) is 33.0. The van der Waals surface area contributed by atoms with E-state index < -0.39 is 11.7 Å². The lowest BCUT2D eigenvalue weighted by atomic mass is 9.92. The molecule has 0 saturated carbocycles. The van der Waals surface area contributed by atoms with Crippen LogP contribution in [0, 0.1) is 0 Å². The van der Waals surface area contributed by atoms with Crippen LogP contribution in [0.3, 0.4) is 0 Å². The highest BCUT2D eigenvalue weighted by molar-refractivity contribution is 5.21. The third kappa shape index (κ3) is 4.31. The summed E-state index contributed by atoms with van der Waals surface area (Å²) in [4.78, 5) is 19.9. The van der Waals surface area contributed by atoms with Crippen molar-refractivity contribution in [1.82, 2.24) is 0 Å². The van der Waals surface area contributed by atoms with Crippen molar-refractivity contribution in [3.8, 4) is 0 Å². The molecule has 0 saturated heterocycles. The van der Waals surface area contributed by atoms with Gasteiger partial charge < -0.3 is 33.5 Å². The van der Waals surface area contributed by atoms with Gasteiger partial charge in [-0.1, -0.05) is 0 Å². The molecule has 9 nitrogen and oxygen atoms in total. The Balaban J connectivity index is 2.45. The summed E-state index contributed by atoms with van der Waals surface area (Å²) >= 11 is 0. The Hall–Kier alpha value is -1.52. The molecule has 0 radical (unpaired) electrons. The number of ether oxygens (including phenoxy) is 5. The van der Waals surface area contributed by atoms with Gasteiger partial charge in [-0.15, -0.1) is 0 Å². The van der Waals surface area contributed by atoms with Gasteiger partial charge in [-0.2, -0.15) is 9.78 Å². The van der Waals surface area contributed by atoms with E-state index >= 15 is 0 Å². The van der Waals surface area contributed by atoms with Gasteiger partial charge in [0.25, 0.3) is 0 Å². The molecular weight excluding hydrogens is 324 g/mol. The molecule has 9 heteroatoms. The highest BCUT2D eigenvalue weighted by Gasteiger charge is 2.50. The minimum atomic E-state index is -1.14. The van der Waals surface area contributed by atoms with Gasteiger partial charge in [0.2, 0.25) is 0 Å². The van der Waals surface area contributed by atoms with Gasteiger partial charge in [-0.05, 0) is 6.92 Å². The topological polar surface area (TPSA) is 83.1 Å². The first-order valence-electron chi connectivity index (χ1n) is 7.67. The number of hydrogen-bond acceptors (Lipinski definition) is 9. The maximum atomic E-state index is 6.08. The Morgan fingerprint density at radius 2 is 1.79 bits per heavy atom. The molecule has 0 bridgehead atoms. The number of rotatable bonds is 6. The van der Waals surface area contributed by atoms with E-state index in [0.717, 1.165) is 0 Å².